The van der Waals surface area contributed by atoms with Gasteiger partial charge >= 0.3 is 0 Å². The minimum Gasteiger partial charge on any atom is -0.383 e. The molecule has 1 rings (SSSR count). The Labute approximate surface area is 108 Å². The van der Waals surface area contributed by atoms with E-state index in [-0.39, 0.29) is 0 Å². The van der Waals surface area contributed by atoms with Crippen molar-refractivity contribution in [2.75, 3.05) is 25.2 Å². The van der Waals surface area contributed by atoms with Gasteiger partial charge in [-0.1, -0.05) is 18.5 Å². The molecular formula is C12H20ClN3O. The Morgan fingerprint density at radius 1 is 1.41 bits per heavy atom. The summed E-state index contributed by atoms with van der Waals surface area (Å²) < 4.78 is 5.13. The molecule has 0 saturated heterocycles. The Bertz CT molecular complexity index is 358. The molecule has 0 aliphatic rings. The lowest BCUT2D eigenvalue weighted by Gasteiger charge is -2.29. The molecule has 0 bridgehead atoms. The number of nitrogens with zero attached hydrogens (tertiary/aromatic N) is 3. The predicted molar refractivity (Wildman–Crippen MR) is 70.8 cm³/mol. The molecule has 0 unspecified atom stereocenters. The zero-order valence-corrected chi connectivity index (χ0v) is 11.7. The lowest BCUT2D eigenvalue weighted by molar-refractivity contribution is 0.203. The summed E-state index contributed by atoms with van der Waals surface area (Å²) in [5.41, 5.74) is 0.999. The van der Waals surface area contributed by atoms with Gasteiger partial charge < -0.3 is 9.64 Å². The second-order valence-electron chi connectivity index (χ2n) is 4.10. The van der Waals surface area contributed by atoms with E-state index >= 15 is 0 Å². The van der Waals surface area contributed by atoms with Crippen LogP contribution in [0.15, 0.2) is 6.33 Å². The first-order valence-corrected chi connectivity index (χ1v) is 6.24. The molecule has 0 aliphatic heterocycles. The van der Waals surface area contributed by atoms with Gasteiger partial charge in [0.05, 0.1) is 6.61 Å². The van der Waals surface area contributed by atoms with Gasteiger partial charge in [-0.2, -0.15) is 0 Å². The second kappa shape index (κ2) is 6.77. The Morgan fingerprint density at radius 2 is 2.12 bits per heavy atom. The van der Waals surface area contributed by atoms with Gasteiger partial charge in [-0.3, -0.25) is 0 Å². The van der Waals surface area contributed by atoms with E-state index < -0.39 is 0 Å². The molecule has 17 heavy (non-hydrogen) atoms. The van der Waals surface area contributed by atoms with Gasteiger partial charge in [-0.05, 0) is 20.3 Å². The number of ether oxygens (including phenoxy) is 1. The molecule has 0 saturated carbocycles. The van der Waals surface area contributed by atoms with Crippen LogP contribution in [0.1, 0.15) is 26.3 Å². The summed E-state index contributed by atoms with van der Waals surface area (Å²) >= 11 is 6.10. The molecule has 0 amide bonds. The summed E-state index contributed by atoms with van der Waals surface area (Å²) in [6.07, 6.45) is 2.34. The normalized spacial score (nSPS) is 10.9. The maximum absolute atomic E-state index is 6.10. The third-order valence-electron chi connectivity index (χ3n) is 2.66. The maximum atomic E-state index is 6.10. The zero-order chi connectivity index (χ0) is 12.8. The summed E-state index contributed by atoms with van der Waals surface area (Å²) in [5, 5.41) is 0.542. The topological polar surface area (TPSA) is 38.2 Å². The second-order valence-corrected chi connectivity index (χ2v) is 4.46. The van der Waals surface area contributed by atoms with Crippen LogP contribution in [0, 0.1) is 0 Å². The van der Waals surface area contributed by atoms with Crippen LogP contribution in [0.3, 0.4) is 0 Å². The van der Waals surface area contributed by atoms with E-state index in [9.17, 15) is 0 Å². The van der Waals surface area contributed by atoms with Crippen molar-refractivity contribution in [1.29, 1.82) is 0 Å². The molecule has 0 spiro atoms. The van der Waals surface area contributed by atoms with Crippen LogP contribution < -0.4 is 4.90 Å². The third-order valence-corrected chi connectivity index (χ3v) is 2.98. The Hall–Kier alpha value is -0.870. The van der Waals surface area contributed by atoms with E-state index in [1.165, 1.54) is 6.33 Å². The van der Waals surface area contributed by atoms with E-state index in [1.807, 2.05) is 0 Å². The minimum atomic E-state index is 0.349. The molecule has 5 heteroatoms. The zero-order valence-electron chi connectivity index (χ0n) is 10.9. The highest BCUT2D eigenvalue weighted by Gasteiger charge is 2.17. The van der Waals surface area contributed by atoms with E-state index in [1.54, 1.807) is 7.11 Å². The summed E-state index contributed by atoms with van der Waals surface area (Å²) in [5.74, 6) is 0.916. The molecule has 0 aliphatic carbocycles. The predicted octanol–water partition coefficient (Wildman–Crippen LogP) is 2.55. The smallest absolute Gasteiger partial charge is 0.137 e. The lowest BCUT2D eigenvalue weighted by Crippen LogP contribution is -2.35. The number of aromatic nitrogens is 2. The number of anilines is 1. The first-order chi connectivity index (χ1) is 8.11. The van der Waals surface area contributed by atoms with Gasteiger partial charge in [0.15, 0.2) is 0 Å². The van der Waals surface area contributed by atoms with Gasteiger partial charge in [-0.15, -0.1) is 0 Å². The molecule has 0 fully saturated rings. The first kappa shape index (κ1) is 14.2. The standard InChI is InChI=1S/C12H20ClN3O/c1-5-10-11(13)14-8-15-12(10)16(9(2)3)6-7-17-4/h8-9H,5-7H2,1-4H3. The SMILES string of the molecule is CCc1c(Cl)ncnc1N(CCOC)C(C)C. The summed E-state index contributed by atoms with van der Waals surface area (Å²) in [7, 11) is 1.70. The monoisotopic (exact) mass is 257 g/mol. The van der Waals surface area contributed by atoms with Crippen LogP contribution in [0.4, 0.5) is 5.82 Å². The van der Waals surface area contributed by atoms with Gasteiger partial charge in [-0.25, -0.2) is 9.97 Å². The van der Waals surface area contributed by atoms with Crippen molar-refractivity contribution < 1.29 is 4.74 Å². The highest BCUT2D eigenvalue weighted by atomic mass is 35.5. The summed E-state index contributed by atoms with van der Waals surface area (Å²) in [4.78, 5) is 10.6. The molecule has 1 aromatic rings. The molecule has 0 radical (unpaired) electrons. The van der Waals surface area contributed by atoms with E-state index in [2.05, 4.69) is 35.6 Å². The van der Waals surface area contributed by atoms with Crippen molar-refractivity contribution in [3.63, 3.8) is 0 Å². The summed E-state index contributed by atoms with van der Waals surface area (Å²) in [6, 6.07) is 0.349. The average Bonchev–Trinajstić information content (AvgIpc) is 2.29. The van der Waals surface area contributed by atoms with Crippen molar-refractivity contribution in [3.8, 4) is 0 Å². The van der Waals surface area contributed by atoms with E-state index in [4.69, 9.17) is 16.3 Å². The van der Waals surface area contributed by atoms with Crippen LogP contribution in [0.25, 0.3) is 0 Å². The van der Waals surface area contributed by atoms with Crippen LogP contribution in [-0.2, 0) is 11.2 Å². The fourth-order valence-electron chi connectivity index (χ4n) is 1.73. The Kier molecular flexibility index (Phi) is 5.65. The molecule has 0 N–H and O–H groups in total. The molecular weight excluding hydrogens is 238 g/mol. The molecule has 0 aromatic carbocycles. The highest BCUT2D eigenvalue weighted by Crippen LogP contribution is 2.25. The quantitative estimate of drug-likeness (QED) is 0.734. The molecule has 0 atom stereocenters. The Balaban J connectivity index is 3.04. The Morgan fingerprint density at radius 3 is 2.65 bits per heavy atom. The molecule has 96 valence electrons. The van der Waals surface area contributed by atoms with Crippen LogP contribution in [0.5, 0.6) is 0 Å². The number of hydrogen-bond acceptors (Lipinski definition) is 4. The van der Waals surface area contributed by atoms with Crippen molar-refractivity contribution in [2.24, 2.45) is 0 Å². The van der Waals surface area contributed by atoms with Crippen molar-refractivity contribution in [1.82, 2.24) is 9.97 Å². The van der Waals surface area contributed by atoms with Crippen molar-refractivity contribution in [3.05, 3.63) is 17.0 Å². The number of methoxy groups -OCH3 is 1. The first-order valence-electron chi connectivity index (χ1n) is 5.86. The fraction of sp³-hybridized carbons (Fsp3) is 0.667. The maximum Gasteiger partial charge on any atom is 0.137 e. The van der Waals surface area contributed by atoms with Gasteiger partial charge in [0.2, 0.25) is 0 Å². The van der Waals surface area contributed by atoms with Crippen LogP contribution >= 0.6 is 11.6 Å². The van der Waals surface area contributed by atoms with Gasteiger partial charge in [0.1, 0.15) is 17.3 Å². The summed E-state index contributed by atoms with van der Waals surface area (Å²) in [6.45, 7) is 7.79. The number of hydrogen-bond donors (Lipinski definition) is 0. The highest BCUT2D eigenvalue weighted by molar-refractivity contribution is 6.30. The van der Waals surface area contributed by atoms with Crippen LogP contribution in [-0.4, -0.2) is 36.3 Å². The largest absolute Gasteiger partial charge is 0.383 e. The minimum absolute atomic E-state index is 0.349. The lowest BCUT2D eigenvalue weighted by atomic mass is 10.2. The molecule has 1 aromatic heterocycles. The number of rotatable bonds is 6. The fourth-order valence-corrected chi connectivity index (χ4v) is 1.99. The van der Waals surface area contributed by atoms with Crippen molar-refractivity contribution >= 4 is 17.4 Å². The van der Waals surface area contributed by atoms with Gasteiger partial charge in [0.25, 0.3) is 0 Å². The third kappa shape index (κ3) is 3.54. The van der Waals surface area contributed by atoms with E-state index in [0.717, 1.165) is 24.3 Å². The molecule has 4 nitrogen and oxygen atoms in total. The van der Waals surface area contributed by atoms with Crippen molar-refractivity contribution in [2.45, 2.75) is 33.2 Å². The molecule has 1 heterocycles. The van der Waals surface area contributed by atoms with Gasteiger partial charge in [0, 0.05) is 25.3 Å². The van der Waals surface area contributed by atoms with E-state index in [0.29, 0.717) is 17.8 Å². The number of halogens is 1. The van der Waals surface area contributed by atoms with Crippen LogP contribution in [0.2, 0.25) is 5.15 Å². The average molecular weight is 258 g/mol.